The Bertz CT molecular complexity index is 1210. The van der Waals surface area contributed by atoms with Gasteiger partial charge in [-0.3, -0.25) is 4.90 Å². The van der Waals surface area contributed by atoms with Gasteiger partial charge in [0.25, 0.3) is 0 Å². The molecule has 1 aliphatic heterocycles. The van der Waals surface area contributed by atoms with Gasteiger partial charge in [-0.2, -0.15) is 0 Å². The molecule has 34 heavy (non-hydrogen) atoms. The molecule has 0 spiro atoms. The number of anilines is 1. The predicted molar refractivity (Wildman–Crippen MR) is 138 cm³/mol. The van der Waals surface area contributed by atoms with E-state index in [4.69, 9.17) is 14.0 Å². The number of aliphatic hydroxyl groups excluding tert-OH is 1. The number of aliphatic hydroxyl groups is 1. The number of ether oxygens (including phenoxy) is 2. The van der Waals surface area contributed by atoms with Crippen LogP contribution in [0.2, 0.25) is 0 Å². The van der Waals surface area contributed by atoms with Crippen LogP contribution in [-0.4, -0.2) is 67.7 Å². The third-order valence-corrected chi connectivity index (χ3v) is 6.80. The molecule has 1 atom stereocenters. The van der Waals surface area contributed by atoms with Gasteiger partial charge in [0.2, 0.25) is 0 Å². The number of thiophene rings is 1. The summed E-state index contributed by atoms with van der Waals surface area (Å²) in [7, 11) is 1.70. The molecule has 0 saturated carbocycles. The summed E-state index contributed by atoms with van der Waals surface area (Å²) in [4.78, 5) is 4.61. The van der Waals surface area contributed by atoms with Gasteiger partial charge in [-0.15, -0.1) is 23.7 Å². The maximum atomic E-state index is 10.6. The molecule has 0 amide bonds. The maximum Gasteiger partial charge on any atom is 0.178 e. The number of halogens is 1. The number of methoxy groups -OCH3 is 1. The minimum absolute atomic E-state index is 0. The number of hydrogen-bond acceptors (Lipinski definition) is 8. The van der Waals surface area contributed by atoms with Crippen molar-refractivity contribution in [1.29, 1.82) is 0 Å². The number of hydrogen-bond donors (Lipinski definition) is 1. The Hall–Kier alpha value is -2.78. The highest BCUT2D eigenvalue weighted by atomic mass is 35.5. The molecule has 1 saturated heterocycles. The molecule has 3 heterocycles. The molecule has 1 N–H and O–H groups in total. The molecule has 0 unspecified atom stereocenters. The van der Waals surface area contributed by atoms with Crippen LogP contribution in [0, 0.1) is 0 Å². The van der Waals surface area contributed by atoms with Gasteiger partial charge in [0.05, 0.1) is 12.8 Å². The Morgan fingerprint density at radius 2 is 1.91 bits per heavy atom. The summed E-state index contributed by atoms with van der Waals surface area (Å²) in [5, 5.41) is 16.8. The summed E-state index contributed by atoms with van der Waals surface area (Å²) in [6.45, 7) is 4.37. The number of β-amino-alcohol motifs (C(OH)–C–C–N with tert-alkyl or cyclic N) is 1. The number of para-hydroxylation sites is 2. The summed E-state index contributed by atoms with van der Waals surface area (Å²) in [5.74, 6) is 1.60. The van der Waals surface area contributed by atoms with Crippen molar-refractivity contribution >= 4 is 39.7 Å². The zero-order valence-corrected chi connectivity index (χ0v) is 20.6. The van der Waals surface area contributed by atoms with Crippen molar-refractivity contribution in [2.45, 2.75) is 6.10 Å². The fourth-order valence-corrected chi connectivity index (χ4v) is 5.02. The second-order valence-electron chi connectivity index (χ2n) is 8.10. The van der Waals surface area contributed by atoms with Crippen molar-refractivity contribution in [3.8, 4) is 22.8 Å². The molecule has 4 aromatic rings. The van der Waals surface area contributed by atoms with E-state index in [2.05, 4.69) is 21.0 Å². The molecular formula is C25H28ClN3O4S. The lowest BCUT2D eigenvalue weighted by Crippen LogP contribution is -2.49. The van der Waals surface area contributed by atoms with Crippen LogP contribution in [0.3, 0.4) is 0 Å². The van der Waals surface area contributed by atoms with E-state index < -0.39 is 6.10 Å². The van der Waals surface area contributed by atoms with Gasteiger partial charge in [0.1, 0.15) is 34.6 Å². The van der Waals surface area contributed by atoms with Crippen molar-refractivity contribution in [2.75, 3.05) is 51.3 Å². The highest BCUT2D eigenvalue weighted by Crippen LogP contribution is 2.33. The molecule has 0 aliphatic carbocycles. The second kappa shape index (κ2) is 11.1. The summed E-state index contributed by atoms with van der Waals surface area (Å²) in [6, 6.07) is 17.8. The topological polar surface area (TPSA) is 71.2 Å². The van der Waals surface area contributed by atoms with Crippen LogP contribution in [0.4, 0.5) is 5.69 Å². The first-order chi connectivity index (χ1) is 16.2. The van der Waals surface area contributed by atoms with E-state index >= 15 is 0 Å². The third kappa shape index (κ3) is 5.31. The van der Waals surface area contributed by atoms with E-state index in [1.807, 2.05) is 53.9 Å². The normalized spacial score (nSPS) is 15.2. The zero-order chi connectivity index (χ0) is 22.6. The highest BCUT2D eigenvalue weighted by Gasteiger charge is 2.21. The van der Waals surface area contributed by atoms with E-state index in [0.717, 1.165) is 59.2 Å². The number of piperazine rings is 1. The molecule has 1 aliphatic rings. The number of benzene rings is 2. The molecule has 2 aromatic heterocycles. The van der Waals surface area contributed by atoms with Crippen LogP contribution in [0.15, 0.2) is 64.5 Å². The van der Waals surface area contributed by atoms with Gasteiger partial charge < -0.3 is 24.0 Å². The smallest absolute Gasteiger partial charge is 0.178 e. The van der Waals surface area contributed by atoms with E-state index in [9.17, 15) is 5.11 Å². The van der Waals surface area contributed by atoms with E-state index in [0.29, 0.717) is 12.3 Å². The molecule has 1 fully saturated rings. The van der Waals surface area contributed by atoms with Gasteiger partial charge in [-0.25, -0.2) is 0 Å². The lowest BCUT2D eigenvalue weighted by atomic mass is 10.1. The SMILES string of the molecule is COc1ccccc1N1CCN(C[C@@H](O)COc2cccc(-c3noc4ccsc34)c2)CC1.Cl. The quantitative estimate of drug-likeness (QED) is 0.380. The van der Waals surface area contributed by atoms with E-state index in [1.165, 1.54) is 0 Å². The molecule has 2 aromatic carbocycles. The van der Waals surface area contributed by atoms with Crippen molar-refractivity contribution < 1.29 is 19.1 Å². The van der Waals surface area contributed by atoms with Crippen LogP contribution < -0.4 is 14.4 Å². The van der Waals surface area contributed by atoms with Crippen LogP contribution in [-0.2, 0) is 0 Å². The van der Waals surface area contributed by atoms with Crippen molar-refractivity contribution in [3.05, 3.63) is 60.0 Å². The number of rotatable bonds is 8. The molecule has 180 valence electrons. The number of nitrogens with zero attached hydrogens (tertiary/aromatic N) is 3. The average molecular weight is 502 g/mol. The van der Waals surface area contributed by atoms with Crippen LogP contribution in [0.1, 0.15) is 0 Å². The molecule has 5 rings (SSSR count). The largest absolute Gasteiger partial charge is 0.495 e. The average Bonchev–Trinajstić information content (AvgIpc) is 3.48. The van der Waals surface area contributed by atoms with Crippen molar-refractivity contribution in [1.82, 2.24) is 10.1 Å². The molecule has 7 nitrogen and oxygen atoms in total. The van der Waals surface area contributed by atoms with Gasteiger partial charge in [0, 0.05) is 38.3 Å². The van der Waals surface area contributed by atoms with E-state index in [-0.39, 0.29) is 19.0 Å². The number of aromatic nitrogens is 1. The zero-order valence-electron chi connectivity index (χ0n) is 18.9. The predicted octanol–water partition coefficient (Wildman–Crippen LogP) is 4.55. The van der Waals surface area contributed by atoms with Gasteiger partial charge in [-0.05, 0) is 35.7 Å². The van der Waals surface area contributed by atoms with Gasteiger partial charge in [-0.1, -0.05) is 29.4 Å². The van der Waals surface area contributed by atoms with Gasteiger partial charge in [0.15, 0.2) is 5.58 Å². The fraction of sp³-hybridized carbons (Fsp3) is 0.320. The highest BCUT2D eigenvalue weighted by molar-refractivity contribution is 7.17. The van der Waals surface area contributed by atoms with Gasteiger partial charge >= 0.3 is 0 Å². The minimum Gasteiger partial charge on any atom is -0.495 e. The first kappa shape index (κ1) is 24.3. The lowest BCUT2D eigenvalue weighted by Gasteiger charge is -2.37. The molecular weight excluding hydrogens is 474 g/mol. The summed E-state index contributed by atoms with van der Waals surface area (Å²) in [6.07, 6.45) is -0.567. The molecule has 9 heteroatoms. The summed E-state index contributed by atoms with van der Waals surface area (Å²) >= 11 is 1.61. The molecule has 0 radical (unpaired) electrons. The van der Waals surface area contributed by atoms with Crippen LogP contribution >= 0.6 is 23.7 Å². The summed E-state index contributed by atoms with van der Waals surface area (Å²) in [5.41, 5.74) is 3.67. The monoisotopic (exact) mass is 501 g/mol. The van der Waals surface area contributed by atoms with Crippen LogP contribution in [0.25, 0.3) is 21.5 Å². The van der Waals surface area contributed by atoms with Crippen LogP contribution in [0.5, 0.6) is 11.5 Å². The maximum absolute atomic E-state index is 10.6. The first-order valence-electron chi connectivity index (χ1n) is 11.1. The standard InChI is InChI=1S/C25H27N3O4S.ClH/c1-30-22-8-3-2-7-21(22)28-12-10-27(11-13-28)16-19(29)17-31-20-6-4-5-18(15-20)24-25-23(32-26-24)9-14-33-25;/h2-9,14-15,19,29H,10-13,16-17H2,1H3;1H/t19-;/m1./s1. The Labute approximate surface area is 208 Å². The second-order valence-corrected chi connectivity index (χ2v) is 9.01. The Morgan fingerprint density at radius 1 is 1.09 bits per heavy atom. The summed E-state index contributed by atoms with van der Waals surface area (Å²) < 4.78 is 17.8. The number of fused-ring (bicyclic) bond motifs is 1. The minimum atomic E-state index is -0.567. The Morgan fingerprint density at radius 3 is 2.74 bits per heavy atom. The Kier molecular flexibility index (Phi) is 7.95. The fourth-order valence-electron chi connectivity index (χ4n) is 4.20. The molecule has 0 bridgehead atoms. The lowest BCUT2D eigenvalue weighted by molar-refractivity contribution is 0.0663. The first-order valence-corrected chi connectivity index (χ1v) is 11.9. The van der Waals surface area contributed by atoms with E-state index in [1.54, 1.807) is 18.4 Å². The van der Waals surface area contributed by atoms with Crippen molar-refractivity contribution in [2.24, 2.45) is 0 Å². The van der Waals surface area contributed by atoms with Crippen molar-refractivity contribution in [3.63, 3.8) is 0 Å². The third-order valence-electron chi connectivity index (χ3n) is 5.90. The Balaban J connectivity index is 0.00000274.